The van der Waals surface area contributed by atoms with E-state index in [9.17, 15) is 27.2 Å². The molecule has 0 radical (unpaired) electrons. The van der Waals surface area contributed by atoms with Gasteiger partial charge in [0, 0.05) is 30.7 Å². The maximum absolute atomic E-state index is 14.3. The molecule has 0 bridgehead atoms. The van der Waals surface area contributed by atoms with Gasteiger partial charge in [0.2, 0.25) is 0 Å². The molecule has 1 aromatic carbocycles. The van der Waals surface area contributed by atoms with E-state index in [1.54, 1.807) is 41.1 Å². The Balaban J connectivity index is 1.49. The van der Waals surface area contributed by atoms with Crippen molar-refractivity contribution in [1.29, 1.82) is 0 Å². The molecule has 1 amide bonds. The molecule has 0 aliphatic carbocycles. The number of hydrogen-bond donors (Lipinski definition) is 1. The van der Waals surface area contributed by atoms with E-state index in [1.165, 1.54) is 25.4 Å². The highest BCUT2D eigenvalue weighted by atomic mass is 19.4. The Morgan fingerprint density at radius 2 is 1.71 bits per heavy atom. The van der Waals surface area contributed by atoms with E-state index in [0.717, 1.165) is 22.0 Å². The lowest BCUT2D eigenvalue weighted by molar-refractivity contribution is -0.141. The van der Waals surface area contributed by atoms with Gasteiger partial charge in [0.15, 0.2) is 17.3 Å². The number of aromatic nitrogens is 4. The lowest BCUT2D eigenvalue weighted by atomic mass is 10.1. The quantitative estimate of drug-likeness (QED) is 0.349. The van der Waals surface area contributed by atoms with Gasteiger partial charge >= 0.3 is 6.18 Å². The van der Waals surface area contributed by atoms with Gasteiger partial charge in [-0.2, -0.15) is 18.3 Å². The maximum atomic E-state index is 14.3. The summed E-state index contributed by atoms with van der Waals surface area (Å²) in [4.78, 5) is 28.4. The standard InChI is InChI=1S/C26H23F4N5O3/c1-16-3-8-22(36)34(12-16)13-17-4-6-18(7-5-17)14-35-15-19(24(33-35)26(28,29)30)25(37)32-11-20-23(27)21(38-2)9-10-31-20/h3-10,12,15H,11,13-14H2,1-2H3,(H,32,37). The second-order valence-corrected chi connectivity index (χ2v) is 8.53. The molecule has 0 atom stereocenters. The Labute approximate surface area is 214 Å². The van der Waals surface area contributed by atoms with Crippen molar-refractivity contribution in [2.45, 2.75) is 32.7 Å². The van der Waals surface area contributed by atoms with Crippen LogP contribution in [0.1, 0.15) is 38.4 Å². The minimum atomic E-state index is -4.89. The van der Waals surface area contributed by atoms with Gasteiger partial charge in [-0.05, 0) is 23.6 Å². The van der Waals surface area contributed by atoms with Crippen molar-refractivity contribution in [3.8, 4) is 5.75 Å². The number of nitrogens with one attached hydrogen (secondary N) is 1. The van der Waals surface area contributed by atoms with Crippen LogP contribution in [0, 0.1) is 12.7 Å². The Morgan fingerprint density at radius 3 is 2.37 bits per heavy atom. The largest absolute Gasteiger partial charge is 0.494 e. The lowest BCUT2D eigenvalue weighted by Gasteiger charge is -2.09. The second kappa shape index (κ2) is 10.9. The highest BCUT2D eigenvalue weighted by molar-refractivity contribution is 5.95. The van der Waals surface area contributed by atoms with Gasteiger partial charge < -0.3 is 14.6 Å². The third-order valence-corrected chi connectivity index (χ3v) is 5.69. The SMILES string of the molecule is COc1ccnc(CNC(=O)c2cn(Cc3ccc(Cn4cc(C)ccc4=O)cc3)nc2C(F)(F)F)c1F. The van der Waals surface area contributed by atoms with Crippen molar-refractivity contribution >= 4 is 5.91 Å². The summed E-state index contributed by atoms with van der Waals surface area (Å²) >= 11 is 0. The van der Waals surface area contributed by atoms with Crippen molar-refractivity contribution in [1.82, 2.24) is 24.6 Å². The molecule has 0 aliphatic heterocycles. The summed E-state index contributed by atoms with van der Waals surface area (Å²) in [6.07, 6.45) is -0.896. The van der Waals surface area contributed by atoms with Crippen LogP contribution >= 0.6 is 0 Å². The second-order valence-electron chi connectivity index (χ2n) is 8.53. The van der Waals surface area contributed by atoms with Crippen LogP contribution in [0.3, 0.4) is 0 Å². The summed E-state index contributed by atoms with van der Waals surface area (Å²) in [5.74, 6) is -2.01. The number of aryl methyl sites for hydroxylation is 1. The zero-order valence-electron chi connectivity index (χ0n) is 20.4. The number of methoxy groups -OCH3 is 1. The molecule has 3 heterocycles. The molecule has 0 saturated carbocycles. The number of nitrogens with zero attached hydrogens (tertiary/aromatic N) is 4. The molecule has 4 rings (SSSR count). The number of rotatable bonds is 8. The molecule has 0 aliphatic rings. The topological polar surface area (TPSA) is 91.0 Å². The molecule has 8 nitrogen and oxygen atoms in total. The van der Waals surface area contributed by atoms with Gasteiger partial charge in [0.25, 0.3) is 11.5 Å². The third kappa shape index (κ3) is 6.07. The number of hydrogen-bond acceptors (Lipinski definition) is 5. The van der Waals surface area contributed by atoms with Gasteiger partial charge in [-0.25, -0.2) is 4.39 Å². The number of carbonyl (C=O) groups is 1. The third-order valence-electron chi connectivity index (χ3n) is 5.69. The molecule has 3 aromatic heterocycles. The predicted octanol–water partition coefficient (Wildman–Crippen LogP) is 3.94. The number of ether oxygens (including phenoxy) is 1. The fraction of sp³-hybridized carbons (Fsp3) is 0.231. The van der Waals surface area contributed by atoms with Crippen molar-refractivity contribution in [3.05, 3.63) is 111 Å². The van der Waals surface area contributed by atoms with E-state index < -0.39 is 35.7 Å². The van der Waals surface area contributed by atoms with Crippen LogP contribution in [0.5, 0.6) is 5.75 Å². The van der Waals surface area contributed by atoms with E-state index >= 15 is 0 Å². The van der Waals surface area contributed by atoms with Crippen LogP contribution in [0.15, 0.2) is 65.8 Å². The fourth-order valence-corrected chi connectivity index (χ4v) is 3.79. The summed E-state index contributed by atoms with van der Waals surface area (Å²) in [5.41, 5.74) is 0.0108. The van der Waals surface area contributed by atoms with Crippen LogP contribution in [0.2, 0.25) is 0 Å². The van der Waals surface area contributed by atoms with Crippen molar-refractivity contribution in [2.75, 3.05) is 7.11 Å². The van der Waals surface area contributed by atoms with Gasteiger partial charge in [-0.1, -0.05) is 30.3 Å². The Kier molecular flexibility index (Phi) is 7.60. The van der Waals surface area contributed by atoms with Gasteiger partial charge in [0.05, 0.1) is 38.0 Å². The van der Waals surface area contributed by atoms with E-state index in [2.05, 4.69) is 15.4 Å². The van der Waals surface area contributed by atoms with Crippen LogP contribution in [0.4, 0.5) is 17.6 Å². The van der Waals surface area contributed by atoms with E-state index in [4.69, 9.17) is 4.74 Å². The Morgan fingerprint density at radius 1 is 1.03 bits per heavy atom. The Bertz CT molecular complexity index is 1510. The van der Waals surface area contributed by atoms with Crippen LogP contribution in [-0.2, 0) is 25.8 Å². The first kappa shape index (κ1) is 26.6. The first-order valence-corrected chi connectivity index (χ1v) is 11.4. The minimum absolute atomic E-state index is 0.0346. The van der Waals surface area contributed by atoms with Crippen LogP contribution in [-0.4, -0.2) is 32.3 Å². The monoisotopic (exact) mass is 529 g/mol. The molecule has 38 heavy (non-hydrogen) atoms. The minimum Gasteiger partial charge on any atom is -0.494 e. The average molecular weight is 529 g/mol. The van der Waals surface area contributed by atoms with E-state index in [0.29, 0.717) is 12.1 Å². The zero-order chi connectivity index (χ0) is 27.4. The number of benzene rings is 1. The number of amides is 1. The summed E-state index contributed by atoms with van der Waals surface area (Å²) in [6, 6.07) is 11.4. The Hall–Kier alpha value is -4.48. The molecule has 12 heteroatoms. The van der Waals surface area contributed by atoms with Crippen molar-refractivity contribution < 1.29 is 27.1 Å². The average Bonchev–Trinajstić information content (AvgIpc) is 3.31. The molecule has 1 N–H and O–H groups in total. The number of halogens is 4. The van der Waals surface area contributed by atoms with Crippen molar-refractivity contribution in [3.63, 3.8) is 0 Å². The summed E-state index contributed by atoms with van der Waals surface area (Å²) in [7, 11) is 1.25. The van der Waals surface area contributed by atoms with E-state index in [-0.39, 0.29) is 23.5 Å². The first-order chi connectivity index (χ1) is 18.0. The van der Waals surface area contributed by atoms with Crippen molar-refractivity contribution in [2.24, 2.45) is 0 Å². The van der Waals surface area contributed by atoms with Gasteiger partial charge in [0.1, 0.15) is 0 Å². The zero-order valence-corrected chi connectivity index (χ0v) is 20.4. The highest BCUT2D eigenvalue weighted by Gasteiger charge is 2.39. The summed E-state index contributed by atoms with van der Waals surface area (Å²) < 4.78 is 62.6. The van der Waals surface area contributed by atoms with Crippen LogP contribution in [0.25, 0.3) is 0 Å². The predicted molar refractivity (Wildman–Crippen MR) is 129 cm³/mol. The van der Waals surface area contributed by atoms with Gasteiger partial charge in [-0.15, -0.1) is 0 Å². The number of pyridine rings is 2. The molecule has 0 saturated heterocycles. The smallest absolute Gasteiger partial charge is 0.435 e. The molecule has 0 spiro atoms. The fourth-order valence-electron chi connectivity index (χ4n) is 3.79. The first-order valence-electron chi connectivity index (χ1n) is 11.4. The molecule has 0 fully saturated rings. The highest BCUT2D eigenvalue weighted by Crippen LogP contribution is 2.31. The van der Waals surface area contributed by atoms with Crippen LogP contribution < -0.4 is 15.6 Å². The van der Waals surface area contributed by atoms with Gasteiger partial charge in [-0.3, -0.25) is 19.3 Å². The normalized spacial score (nSPS) is 11.4. The molecular weight excluding hydrogens is 506 g/mol. The molecule has 198 valence electrons. The number of carbonyl (C=O) groups excluding carboxylic acids is 1. The molecular formula is C26H23F4N5O3. The number of alkyl halides is 3. The lowest BCUT2D eigenvalue weighted by Crippen LogP contribution is -2.26. The summed E-state index contributed by atoms with van der Waals surface area (Å²) in [5, 5.41) is 5.84. The molecule has 0 unspecified atom stereocenters. The molecule has 4 aromatic rings. The summed E-state index contributed by atoms with van der Waals surface area (Å²) in [6.45, 7) is 1.73. The maximum Gasteiger partial charge on any atom is 0.435 e. The van der Waals surface area contributed by atoms with E-state index in [1.807, 2.05) is 6.92 Å².